The van der Waals surface area contributed by atoms with Crippen LogP contribution in [0.4, 0.5) is 24.7 Å². The summed E-state index contributed by atoms with van der Waals surface area (Å²) in [7, 11) is 2.15. The van der Waals surface area contributed by atoms with Crippen LogP contribution in [0.3, 0.4) is 0 Å². The van der Waals surface area contributed by atoms with E-state index in [2.05, 4.69) is 39.3 Å². The molecule has 1 aromatic heterocycles. The highest BCUT2D eigenvalue weighted by Gasteiger charge is 2.38. The third kappa shape index (κ3) is 8.81. The molecule has 4 rings (SSSR count). The van der Waals surface area contributed by atoms with E-state index >= 15 is 0 Å². The number of aromatic nitrogens is 1. The maximum atomic E-state index is 12.6. The number of aliphatic carboxylic acids is 1. The van der Waals surface area contributed by atoms with Crippen molar-refractivity contribution in [1.29, 1.82) is 5.26 Å². The summed E-state index contributed by atoms with van der Waals surface area (Å²) >= 11 is 0. The molecule has 0 bridgehead atoms. The number of hydrogen-bond acceptors (Lipinski definition) is 6. The summed E-state index contributed by atoms with van der Waals surface area (Å²) in [6, 6.07) is 21.9. The number of nitrogens with zero attached hydrogens (tertiary/aromatic N) is 4. The van der Waals surface area contributed by atoms with E-state index in [-0.39, 0.29) is 5.91 Å². The Morgan fingerprint density at radius 1 is 1.12 bits per heavy atom. The Labute approximate surface area is 230 Å². The Bertz CT molecular complexity index is 1370. The van der Waals surface area contributed by atoms with Crippen LogP contribution in [0.1, 0.15) is 39.9 Å². The molecule has 11 heteroatoms. The molecule has 0 atom stereocenters. The number of amides is 1. The van der Waals surface area contributed by atoms with E-state index in [0.717, 1.165) is 55.1 Å². The number of carboxylic acid groups (broad SMARTS) is 1. The fraction of sp³-hybridized carbons (Fsp3) is 0.310. The molecule has 8 nitrogen and oxygen atoms in total. The summed E-state index contributed by atoms with van der Waals surface area (Å²) in [4.78, 5) is 30.7. The van der Waals surface area contributed by atoms with E-state index in [0.29, 0.717) is 17.2 Å². The van der Waals surface area contributed by atoms with Gasteiger partial charge < -0.3 is 15.3 Å². The average molecular weight is 554 g/mol. The van der Waals surface area contributed by atoms with Gasteiger partial charge in [0.1, 0.15) is 5.82 Å². The number of rotatable bonds is 6. The molecule has 3 aromatic rings. The zero-order valence-corrected chi connectivity index (χ0v) is 22.2. The van der Waals surface area contributed by atoms with Gasteiger partial charge in [0.15, 0.2) is 0 Å². The van der Waals surface area contributed by atoms with Crippen molar-refractivity contribution in [2.45, 2.75) is 38.5 Å². The zero-order chi connectivity index (χ0) is 29.3. The topological polar surface area (TPSA) is 110 Å². The van der Waals surface area contributed by atoms with Crippen LogP contribution in [0.2, 0.25) is 0 Å². The van der Waals surface area contributed by atoms with Gasteiger partial charge in [-0.1, -0.05) is 29.8 Å². The van der Waals surface area contributed by atoms with Crippen molar-refractivity contribution in [2.75, 3.05) is 30.4 Å². The number of nitriles is 1. The molecule has 2 heterocycles. The largest absolute Gasteiger partial charge is 0.490 e. The first-order valence-corrected chi connectivity index (χ1v) is 12.5. The van der Waals surface area contributed by atoms with Crippen molar-refractivity contribution < 1.29 is 27.9 Å². The minimum absolute atomic E-state index is 0.114. The molecule has 1 saturated heterocycles. The third-order valence-corrected chi connectivity index (χ3v) is 6.43. The van der Waals surface area contributed by atoms with E-state index in [9.17, 15) is 18.0 Å². The van der Waals surface area contributed by atoms with Gasteiger partial charge in [0, 0.05) is 49.2 Å². The van der Waals surface area contributed by atoms with Gasteiger partial charge in [-0.15, -0.1) is 0 Å². The maximum Gasteiger partial charge on any atom is 0.490 e. The lowest BCUT2D eigenvalue weighted by atomic mass is 10.0. The number of carbonyl (C=O) groups excluding carboxylic acids is 1. The predicted molar refractivity (Wildman–Crippen MR) is 145 cm³/mol. The van der Waals surface area contributed by atoms with Crippen LogP contribution in [-0.4, -0.2) is 59.2 Å². The van der Waals surface area contributed by atoms with E-state index in [1.807, 2.05) is 61.5 Å². The van der Waals surface area contributed by atoms with Crippen LogP contribution >= 0.6 is 0 Å². The number of halogens is 3. The Kier molecular flexibility index (Phi) is 10.2. The van der Waals surface area contributed by atoms with Crippen LogP contribution in [0.5, 0.6) is 0 Å². The number of aryl methyl sites for hydroxylation is 1. The Morgan fingerprint density at radius 2 is 1.80 bits per heavy atom. The molecule has 0 aliphatic carbocycles. The molecule has 0 radical (unpaired) electrons. The van der Waals surface area contributed by atoms with E-state index in [4.69, 9.17) is 15.2 Å². The Hall–Kier alpha value is -4.43. The van der Waals surface area contributed by atoms with Crippen LogP contribution in [0.25, 0.3) is 0 Å². The second-order valence-corrected chi connectivity index (χ2v) is 9.47. The number of hydrogen-bond donors (Lipinski definition) is 2. The molecule has 40 heavy (non-hydrogen) atoms. The molecule has 210 valence electrons. The Balaban J connectivity index is 0.000000559. The van der Waals surface area contributed by atoms with Gasteiger partial charge in [0.25, 0.3) is 5.91 Å². The molecule has 1 aliphatic rings. The number of carbonyl (C=O) groups is 2. The smallest absolute Gasteiger partial charge is 0.475 e. The molecule has 1 aliphatic heterocycles. The lowest BCUT2D eigenvalue weighted by Gasteiger charge is -2.37. The summed E-state index contributed by atoms with van der Waals surface area (Å²) < 4.78 is 31.7. The Morgan fingerprint density at radius 3 is 2.42 bits per heavy atom. The number of carboxylic acids is 1. The quantitative estimate of drug-likeness (QED) is 0.429. The molecular formula is C29H30F3N5O3. The first-order chi connectivity index (χ1) is 19.0. The zero-order valence-electron chi connectivity index (χ0n) is 22.2. The van der Waals surface area contributed by atoms with E-state index in [1.165, 1.54) is 0 Å². The SMILES string of the molecule is Cc1cccc(C(=O)Nc2ccnc(N3CCC(N(C)Cc4cccc(C#N)c4)CC3)c2)c1.O=C(O)C(F)(F)F. The van der Waals surface area contributed by atoms with Crippen LogP contribution in [-0.2, 0) is 11.3 Å². The molecular weight excluding hydrogens is 523 g/mol. The summed E-state index contributed by atoms with van der Waals surface area (Å²) in [5, 5.41) is 19.2. The van der Waals surface area contributed by atoms with Crippen molar-refractivity contribution in [2.24, 2.45) is 0 Å². The average Bonchev–Trinajstić information content (AvgIpc) is 2.93. The van der Waals surface area contributed by atoms with Gasteiger partial charge in [-0.05, 0) is 62.7 Å². The molecule has 2 aromatic carbocycles. The van der Waals surface area contributed by atoms with Crippen molar-refractivity contribution >= 4 is 23.4 Å². The second-order valence-electron chi connectivity index (χ2n) is 9.47. The van der Waals surface area contributed by atoms with Crippen LogP contribution in [0, 0.1) is 18.3 Å². The van der Waals surface area contributed by atoms with Gasteiger partial charge in [-0.2, -0.15) is 18.4 Å². The summed E-state index contributed by atoms with van der Waals surface area (Å²) in [5.74, 6) is -1.98. The number of benzene rings is 2. The number of alkyl halides is 3. The molecule has 0 spiro atoms. The van der Waals surface area contributed by atoms with Crippen molar-refractivity contribution in [3.8, 4) is 6.07 Å². The van der Waals surface area contributed by atoms with E-state index < -0.39 is 12.1 Å². The minimum Gasteiger partial charge on any atom is -0.475 e. The maximum absolute atomic E-state index is 12.6. The van der Waals surface area contributed by atoms with Gasteiger partial charge in [-0.25, -0.2) is 9.78 Å². The standard InChI is InChI=1S/C27H29N5O.C2HF3O2/c1-20-5-3-8-23(15-20)27(33)30-24-9-12-29-26(17-24)32-13-10-25(11-14-32)31(2)19-22-7-4-6-21(16-22)18-28;3-2(4,5)1(6)7/h3-9,12,15-17,25H,10-11,13-14,19H2,1-2H3,(H,29,30,33);(H,6,7). The molecule has 0 saturated carbocycles. The highest BCUT2D eigenvalue weighted by atomic mass is 19.4. The number of anilines is 2. The molecule has 1 fully saturated rings. The monoisotopic (exact) mass is 553 g/mol. The highest BCUT2D eigenvalue weighted by Crippen LogP contribution is 2.24. The minimum atomic E-state index is -5.08. The van der Waals surface area contributed by atoms with Crippen LogP contribution < -0.4 is 10.2 Å². The predicted octanol–water partition coefficient (Wildman–Crippen LogP) is 5.25. The van der Waals surface area contributed by atoms with Gasteiger partial charge in [0.05, 0.1) is 11.6 Å². The van der Waals surface area contributed by atoms with Crippen molar-refractivity contribution in [3.63, 3.8) is 0 Å². The molecule has 2 N–H and O–H groups in total. The third-order valence-electron chi connectivity index (χ3n) is 6.43. The van der Waals surface area contributed by atoms with Gasteiger partial charge >= 0.3 is 12.1 Å². The van der Waals surface area contributed by atoms with Gasteiger partial charge in [-0.3, -0.25) is 9.69 Å². The summed E-state index contributed by atoms with van der Waals surface area (Å²) in [6.07, 6.45) is -1.26. The summed E-state index contributed by atoms with van der Waals surface area (Å²) in [6.45, 7) is 4.63. The highest BCUT2D eigenvalue weighted by molar-refractivity contribution is 6.04. The molecule has 0 unspecified atom stereocenters. The van der Waals surface area contributed by atoms with Crippen molar-refractivity contribution in [3.05, 3.63) is 89.1 Å². The first-order valence-electron chi connectivity index (χ1n) is 12.5. The fourth-order valence-corrected chi connectivity index (χ4v) is 4.35. The van der Waals surface area contributed by atoms with Gasteiger partial charge in [0.2, 0.25) is 0 Å². The normalized spacial score (nSPS) is 13.7. The summed E-state index contributed by atoms with van der Waals surface area (Å²) in [5.41, 5.74) is 4.33. The lowest BCUT2D eigenvalue weighted by molar-refractivity contribution is -0.192. The van der Waals surface area contributed by atoms with Crippen molar-refractivity contribution in [1.82, 2.24) is 9.88 Å². The number of piperidine rings is 1. The number of pyridine rings is 1. The van der Waals surface area contributed by atoms with Crippen LogP contribution in [0.15, 0.2) is 66.9 Å². The first kappa shape index (κ1) is 30.1. The lowest BCUT2D eigenvalue weighted by Crippen LogP contribution is -2.43. The molecule has 1 amide bonds. The fourth-order valence-electron chi connectivity index (χ4n) is 4.35. The second kappa shape index (κ2) is 13.6. The van der Waals surface area contributed by atoms with E-state index in [1.54, 1.807) is 6.20 Å². The number of nitrogens with one attached hydrogen (secondary N) is 1.